The predicted octanol–water partition coefficient (Wildman–Crippen LogP) is 2.42. The van der Waals surface area contributed by atoms with Crippen LogP contribution < -0.4 is 10.5 Å². The first kappa shape index (κ1) is 16.4. The minimum absolute atomic E-state index is 0.00163. The lowest BCUT2D eigenvalue weighted by atomic mass is 10.2. The Balaban J connectivity index is 3.01. The quantitative estimate of drug-likeness (QED) is 0.830. The number of halogens is 3. The van der Waals surface area contributed by atoms with Crippen LogP contribution in [0.5, 0.6) is 5.75 Å². The molecule has 1 amide bonds. The van der Waals surface area contributed by atoms with Gasteiger partial charge in [-0.3, -0.25) is 4.79 Å². The van der Waals surface area contributed by atoms with E-state index < -0.39 is 20.9 Å². The van der Waals surface area contributed by atoms with Crippen LogP contribution in [0, 0.1) is 5.92 Å². The van der Waals surface area contributed by atoms with E-state index in [1.165, 1.54) is 12.1 Å². The molecule has 0 aliphatic heterocycles. The summed E-state index contributed by atoms with van der Waals surface area (Å²) in [5.41, 5.74) is 5.07. The monoisotopic (exact) mass is 345 g/mol. The lowest BCUT2D eigenvalue weighted by Gasteiger charge is -2.12. The molecule has 1 atom stereocenters. The molecule has 0 fully saturated rings. The Kier molecular flexibility index (Phi) is 5.32. The second-order valence-electron chi connectivity index (χ2n) is 3.74. The number of benzene rings is 1. The van der Waals surface area contributed by atoms with Crippen molar-refractivity contribution in [3.05, 3.63) is 22.2 Å². The van der Waals surface area contributed by atoms with Gasteiger partial charge in [0.05, 0.1) is 17.5 Å². The molecule has 1 aromatic carbocycles. The highest BCUT2D eigenvalue weighted by molar-refractivity contribution is 8.13. The zero-order chi connectivity index (χ0) is 14.8. The fourth-order valence-corrected chi connectivity index (χ4v) is 2.90. The van der Waals surface area contributed by atoms with Crippen molar-refractivity contribution >= 4 is 48.8 Å². The second-order valence-corrected chi connectivity index (χ2v) is 7.03. The summed E-state index contributed by atoms with van der Waals surface area (Å²) in [6.07, 6.45) is 0. The lowest BCUT2D eigenvalue weighted by molar-refractivity contribution is -0.122. The number of hydrogen-bond donors (Lipinski definition) is 1. The van der Waals surface area contributed by atoms with Gasteiger partial charge in [0, 0.05) is 10.7 Å². The first-order chi connectivity index (χ1) is 8.64. The molecular formula is C10H10Cl3NO4S. The van der Waals surface area contributed by atoms with Crippen molar-refractivity contribution in [2.75, 3.05) is 6.61 Å². The van der Waals surface area contributed by atoms with Gasteiger partial charge in [0.2, 0.25) is 5.91 Å². The molecule has 0 spiro atoms. The van der Waals surface area contributed by atoms with E-state index in [4.69, 9.17) is 44.4 Å². The number of ether oxygens (including phenoxy) is 1. The molecule has 0 aliphatic carbocycles. The molecule has 0 aromatic heterocycles. The van der Waals surface area contributed by atoms with Crippen molar-refractivity contribution in [2.45, 2.75) is 11.8 Å². The Hall–Kier alpha value is -0.690. The summed E-state index contributed by atoms with van der Waals surface area (Å²) in [4.78, 5) is 10.5. The van der Waals surface area contributed by atoms with E-state index in [1.54, 1.807) is 6.92 Å². The van der Waals surface area contributed by atoms with Crippen molar-refractivity contribution in [1.29, 1.82) is 0 Å². The summed E-state index contributed by atoms with van der Waals surface area (Å²) in [6.45, 7) is 1.58. The summed E-state index contributed by atoms with van der Waals surface area (Å²) in [7, 11) is 1.19. The van der Waals surface area contributed by atoms with Gasteiger partial charge < -0.3 is 10.5 Å². The Bertz CT molecular complexity index is 603. The summed E-state index contributed by atoms with van der Waals surface area (Å²) >= 11 is 11.7. The van der Waals surface area contributed by atoms with E-state index in [1.807, 2.05) is 0 Å². The lowest BCUT2D eigenvalue weighted by Crippen LogP contribution is -2.25. The van der Waals surface area contributed by atoms with Crippen LogP contribution in [0.3, 0.4) is 0 Å². The number of carbonyl (C=O) groups is 1. The van der Waals surface area contributed by atoms with E-state index >= 15 is 0 Å². The van der Waals surface area contributed by atoms with E-state index in [-0.39, 0.29) is 27.3 Å². The second kappa shape index (κ2) is 6.17. The normalized spacial score (nSPS) is 13.1. The third-order valence-corrected chi connectivity index (χ3v) is 4.59. The number of carbonyl (C=O) groups excluding carboxylic acids is 1. The van der Waals surface area contributed by atoms with E-state index in [9.17, 15) is 13.2 Å². The maximum atomic E-state index is 11.2. The molecule has 5 nitrogen and oxygen atoms in total. The zero-order valence-electron chi connectivity index (χ0n) is 9.69. The molecule has 0 aliphatic rings. The van der Waals surface area contributed by atoms with Gasteiger partial charge >= 0.3 is 0 Å². The van der Waals surface area contributed by atoms with Crippen molar-refractivity contribution in [2.24, 2.45) is 11.7 Å². The Morgan fingerprint density at radius 3 is 2.42 bits per heavy atom. The van der Waals surface area contributed by atoms with Crippen LogP contribution >= 0.6 is 33.9 Å². The smallest absolute Gasteiger partial charge is 0.262 e. The van der Waals surface area contributed by atoms with Gasteiger partial charge in [0.15, 0.2) is 0 Å². The van der Waals surface area contributed by atoms with Crippen molar-refractivity contribution in [1.82, 2.24) is 0 Å². The molecule has 2 N–H and O–H groups in total. The Morgan fingerprint density at radius 1 is 1.37 bits per heavy atom. The summed E-state index contributed by atoms with van der Waals surface area (Å²) in [5.74, 6) is -0.905. The molecule has 0 heterocycles. The van der Waals surface area contributed by atoms with Gasteiger partial charge in [-0.05, 0) is 12.1 Å². The van der Waals surface area contributed by atoms with Crippen molar-refractivity contribution < 1.29 is 17.9 Å². The molecule has 0 radical (unpaired) electrons. The first-order valence-corrected chi connectivity index (χ1v) is 8.06. The Labute approximate surface area is 125 Å². The van der Waals surface area contributed by atoms with Crippen molar-refractivity contribution in [3.8, 4) is 5.75 Å². The van der Waals surface area contributed by atoms with E-state index in [0.29, 0.717) is 0 Å². The van der Waals surface area contributed by atoms with Gasteiger partial charge in [-0.2, -0.15) is 0 Å². The van der Waals surface area contributed by atoms with Crippen LogP contribution in [-0.4, -0.2) is 20.9 Å². The first-order valence-electron chi connectivity index (χ1n) is 4.99. The molecule has 9 heteroatoms. The maximum absolute atomic E-state index is 11.2. The molecular weight excluding hydrogens is 337 g/mol. The number of hydrogen-bond acceptors (Lipinski definition) is 4. The maximum Gasteiger partial charge on any atom is 0.262 e. The van der Waals surface area contributed by atoms with Crippen LogP contribution in [0.4, 0.5) is 0 Å². The third kappa shape index (κ3) is 4.14. The van der Waals surface area contributed by atoms with E-state index in [0.717, 1.165) is 0 Å². The number of nitrogens with two attached hydrogens (primary N) is 1. The molecule has 0 saturated heterocycles. The summed E-state index contributed by atoms with van der Waals surface area (Å²) < 4.78 is 27.6. The zero-order valence-corrected chi connectivity index (χ0v) is 12.8. The SMILES string of the molecule is CC(COc1ccc(S(=O)(=O)Cl)c(Cl)c1Cl)C(N)=O. The van der Waals surface area contributed by atoms with Gasteiger partial charge in [0.25, 0.3) is 9.05 Å². The van der Waals surface area contributed by atoms with Crippen LogP contribution in [0.1, 0.15) is 6.92 Å². The predicted molar refractivity (Wildman–Crippen MR) is 73.4 cm³/mol. The average Bonchev–Trinajstić information content (AvgIpc) is 2.28. The Morgan fingerprint density at radius 2 is 1.95 bits per heavy atom. The van der Waals surface area contributed by atoms with Crippen LogP contribution in [0.25, 0.3) is 0 Å². The third-order valence-electron chi connectivity index (χ3n) is 2.25. The van der Waals surface area contributed by atoms with Crippen LogP contribution in [0.2, 0.25) is 10.0 Å². The number of rotatable bonds is 5. The average molecular weight is 347 g/mol. The van der Waals surface area contributed by atoms with Gasteiger partial charge in [-0.15, -0.1) is 0 Å². The van der Waals surface area contributed by atoms with Gasteiger partial charge in [-0.25, -0.2) is 8.42 Å². The largest absolute Gasteiger partial charge is 0.491 e. The number of amides is 1. The molecule has 19 heavy (non-hydrogen) atoms. The summed E-state index contributed by atoms with van der Waals surface area (Å²) in [6, 6.07) is 2.47. The number of primary amides is 1. The molecule has 1 rings (SSSR count). The van der Waals surface area contributed by atoms with Gasteiger partial charge in [0.1, 0.15) is 15.7 Å². The molecule has 1 aromatic rings. The fourth-order valence-electron chi connectivity index (χ4n) is 1.11. The minimum atomic E-state index is -3.99. The fraction of sp³-hybridized carbons (Fsp3) is 0.300. The van der Waals surface area contributed by atoms with Crippen LogP contribution in [-0.2, 0) is 13.8 Å². The topological polar surface area (TPSA) is 86.5 Å². The standard InChI is InChI=1S/C10H10Cl3NO4S/c1-5(10(14)15)4-18-6-2-3-7(19(13,16)17)9(12)8(6)11/h2-3,5H,4H2,1H3,(H2,14,15). The molecule has 0 saturated carbocycles. The van der Waals surface area contributed by atoms with Crippen LogP contribution in [0.15, 0.2) is 17.0 Å². The highest BCUT2D eigenvalue weighted by atomic mass is 35.7. The highest BCUT2D eigenvalue weighted by Crippen LogP contribution is 2.38. The highest BCUT2D eigenvalue weighted by Gasteiger charge is 2.20. The minimum Gasteiger partial charge on any atom is -0.491 e. The molecule has 1 unspecified atom stereocenters. The van der Waals surface area contributed by atoms with E-state index in [2.05, 4.69) is 0 Å². The summed E-state index contributed by atoms with van der Waals surface area (Å²) in [5, 5.41) is -0.332. The van der Waals surface area contributed by atoms with Gasteiger partial charge in [-0.1, -0.05) is 30.1 Å². The molecule has 0 bridgehead atoms. The van der Waals surface area contributed by atoms with Crippen molar-refractivity contribution in [3.63, 3.8) is 0 Å². The molecule has 106 valence electrons.